The smallest absolute Gasteiger partial charge is 0.157 e. The van der Waals surface area contributed by atoms with E-state index < -0.39 is 6.29 Å². The molecule has 20 heavy (non-hydrogen) atoms. The maximum atomic E-state index is 11.9. The lowest BCUT2D eigenvalue weighted by Crippen LogP contribution is -2.37. The van der Waals surface area contributed by atoms with Crippen LogP contribution in [0, 0.1) is 23.7 Å². The molecule has 3 heteroatoms. The van der Waals surface area contributed by atoms with Crippen LogP contribution in [-0.2, 0) is 9.53 Å². The predicted molar refractivity (Wildman–Crippen MR) is 79.1 cm³/mol. The summed E-state index contributed by atoms with van der Waals surface area (Å²) in [6.07, 6.45) is 2.72. The van der Waals surface area contributed by atoms with Gasteiger partial charge in [-0.05, 0) is 44.4 Å². The van der Waals surface area contributed by atoms with Crippen molar-refractivity contribution in [3.63, 3.8) is 0 Å². The molecule has 2 bridgehead atoms. The second-order valence-electron chi connectivity index (χ2n) is 7.34. The number of ether oxygens (including phenoxy) is 1. The molecule has 2 fully saturated rings. The molecule has 0 aromatic rings. The first-order valence-electron chi connectivity index (χ1n) is 7.78. The maximum Gasteiger partial charge on any atom is 0.157 e. The van der Waals surface area contributed by atoms with E-state index >= 15 is 0 Å². The van der Waals surface area contributed by atoms with E-state index in [-0.39, 0.29) is 29.1 Å². The van der Waals surface area contributed by atoms with E-state index in [1.807, 2.05) is 13.8 Å². The molecule has 0 heterocycles. The van der Waals surface area contributed by atoms with Gasteiger partial charge in [-0.1, -0.05) is 32.9 Å². The molecule has 5 unspecified atom stereocenters. The van der Waals surface area contributed by atoms with Gasteiger partial charge >= 0.3 is 0 Å². The van der Waals surface area contributed by atoms with Crippen LogP contribution in [-0.4, -0.2) is 22.8 Å². The van der Waals surface area contributed by atoms with Crippen LogP contribution in [0.4, 0.5) is 0 Å². The van der Waals surface area contributed by atoms with Crippen LogP contribution < -0.4 is 0 Å². The van der Waals surface area contributed by atoms with Crippen LogP contribution in [0.5, 0.6) is 0 Å². The van der Waals surface area contributed by atoms with E-state index in [0.717, 1.165) is 31.3 Å². The Bertz CT molecular complexity index is 401. The highest BCUT2D eigenvalue weighted by atomic mass is 16.6. The second kappa shape index (κ2) is 5.61. The fourth-order valence-corrected chi connectivity index (χ4v) is 4.04. The molecule has 0 aliphatic heterocycles. The molecule has 5 atom stereocenters. The van der Waals surface area contributed by atoms with Gasteiger partial charge in [0.15, 0.2) is 6.29 Å². The fraction of sp³-hybridized carbons (Fsp3) is 0.824. The number of ketones is 1. The number of aliphatic hydroxyl groups is 1. The fourth-order valence-electron chi connectivity index (χ4n) is 4.04. The zero-order chi connectivity index (χ0) is 15.1. The second-order valence-corrected chi connectivity index (χ2v) is 7.34. The number of hydrogen-bond donors (Lipinski definition) is 1. The van der Waals surface area contributed by atoms with E-state index in [9.17, 15) is 9.90 Å². The number of carbonyl (C=O) groups excluding carboxylic acids is 1. The largest absolute Gasteiger partial charge is 0.368 e. The minimum atomic E-state index is -0.734. The predicted octanol–water partition coefficient (Wildman–Crippen LogP) is 3.32. The molecule has 0 saturated heterocycles. The molecule has 0 aromatic carbocycles. The van der Waals surface area contributed by atoms with Crippen molar-refractivity contribution in [2.45, 2.75) is 65.3 Å². The highest BCUT2D eigenvalue weighted by Gasteiger charge is 2.50. The molecule has 0 spiro atoms. The third-order valence-electron chi connectivity index (χ3n) is 4.99. The molecule has 2 aliphatic rings. The Morgan fingerprint density at radius 1 is 1.45 bits per heavy atom. The first kappa shape index (κ1) is 15.7. The summed E-state index contributed by atoms with van der Waals surface area (Å²) in [5.74, 6) is 1.11. The first-order valence-corrected chi connectivity index (χ1v) is 7.78. The van der Waals surface area contributed by atoms with Crippen molar-refractivity contribution in [2.24, 2.45) is 23.7 Å². The van der Waals surface area contributed by atoms with Crippen LogP contribution in [0.15, 0.2) is 12.2 Å². The summed E-state index contributed by atoms with van der Waals surface area (Å²) >= 11 is 0. The quantitative estimate of drug-likeness (QED) is 0.635. The van der Waals surface area contributed by atoms with Crippen LogP contribution in [0.3, 0.4) is 0 Å². The molecule has 3 nitrogen and oxygen atoms in total. The Hall–Kier alpha value is -0.670. The monoisotopic (exact) mass is 280 g/mol. The first-order chi connectivity index (χ1) is 9.24. The van der Waals surface area contributed by atoms with E-state index in [2.05, 4.69) is 13.5 Å². The molecule has 0 radical (unpaired) electrons. The van der Waals surface area contributed by atoms with E-state index in [0.29, 0.717) is 5.92 Å². The third kappa shape index (κ3) is 2.99. The van der Waals surface area contributed by atoms with Crippen LogP contribution in [0.2, 0.25) is 0 Å². The van der Waals surface area contributed by atoms with E-state index in [1.165, 1.54) is 0 Å². The Labute approximate surface area is 122 Å². The van der Waals surface area contributed by atoms with E-state index in [4.69, 9.17) is 4.74 Å². The topological polar surface area (TPSA) is 46.5 Å². The molecule has 0 aromatic heterocycles. The molecule has 114 valence electrons. The SMILES string of the molecule is C=C1CC2(OC(O)C(C)C)CC(C)CC(C(C)=O)C1C2. The van der Waals surface area contributed by atoms with Gasteiger partial charge in [0.25, 0.3) is 0 Å². The Kier molecular flexibility index (Phi) is 4.41. The normalized spacial score (nSPS) is 38.9. The molecule has 2 saturated carbocycles. The minimum absolute atomic E-state index is 0.0823. The summed E-state index contributed by atoms with van der Waals surface area (Å²) in [7, 11) is 0. The number of hydrogen-bond acceptors (Lipinski definition) is 3. The van der Waals surface area contributed by atoms with Crippen molar-refractivity contribution in [2.75, 3.05) is 0 Å². The van der Waals surface area contributed by atoms with Crippen LogP contribution >= 0.6 is 0 Å². The van der Waals surface area contributed by atoms with Crippen molar-refractivity contribution >= 4 is 5.78 Å². The average Bonchev–Trinajstić information content (AvgIpc) is 2.52. The summed E-state index contributed by atoms with van der Waals surface area (Å²) in [6, 6.07) is 0. The lowest BCUT2D eigenvalue weighted by atomic mass is 9.80. The maximum absolute atomic E-state index is 11.9. The molecule has 2 aliphatic carbocycles. The van der Waals surface area contributed by atoms with Gasteiger partial charge in [0, 0.05) is 11.8 Å². The van der Waals surface area contributed by atoms with Crippen LogP contribution in [0.25, 0.3) is 0 Å². The lowest BCUT2D eigenvalue weighted by molar-refractivity contribution is -0.206. The molecule has 2 rings (SSSR count). The number of rotatable bonds is 4. The third-order valence-corrected chi connectivity index (χ3v) is 4.99. The lowest BCUT2D eigenvalue weighted by Gasteiger charge is -2.34. The van der Waals surface area contributed by atoms with E-state index in [1.54, 1.807) is 6.92 Å². The molecular weight excluding hydrogens is 252 g/mol. The minimum Gasteiger partial charge on any atom is -0.368 e. The summed E-state index contributed by atoms with van der Waals surface area (Å²) in [6.45, 7) is 12.0. The van der Waals surface area contributed by atoms with Crippen molar-refractivity contribution in [3.8, 4) is 0 Å². The summed E-state index contributed by atoms with van der Waals surface area (Å²) in [5.41, 5.74) is 0.822. The van der Waals surface area contributed by atoms with Crippen LogP contribution in [0.1, 0.15) is 53.4 Å². The van der Waals surface area contributed by atoms with Gasteiger partial charge in [-0.25, -0.2) is 0 Å². The highest BCUT2D eigenvalue weighted by Crippen LogP contribution is 2.52. The van der Waals surface area contributed by atoms with Gasteiger partial charge in [0.2, 0.25) is 0 Å². The van der Waals surface area contributed by atoms with Gasteiger partial charge in [-0.3, -0.25) is 4.79 Å². The Morgan fingerprint density at radius 2 is 2.10 bits per heavy atom. The summed E-state index contributed by atoms with van der Waals surface area (Å²) in [5, 5.41) is 10.1. The number of Topliss-reactive ketones (excluding diaryl/α,β-unsaturated/α-hetero) is 1. The Morgan fingerprint density at radius 3 is 2.65 bits per heavy atom. The van der Waals surface area contributed by atoms with Crippen molar-refractivity contribution in [1.29, 1.82) is 0 Å². The van der Waals surface area contributed by atoms with Crippen molar-refractivity contribution in [3.05, 3.63) is 12.2 Å². The Balaban J connectivity index is 2.23. The number of carbonyl (C=O) groups is 1. The highest BCUT2D eigenvalue weighted by molar-refractivity contribution is 5.79. The molecule has 0 amide bonds. The average molecular weight is 280 g/mol. The summed E-state index contributed by atoms with van der Waals surface area (Å²) < 4.78 is 6.06. The van der Waals surface area contributed by atoms with Gasteiger partial charge in [0.05, 0.1) is 5.60 Å². The number of aliphatic hydroxyl groups excluding tert-OH is 1. The van der Waals surface area contributed by atoms with Gasteiger partial charge in [-0.15, -0.1) is 0 Å². The molecular formula is C17H28O3. The zero-order valence-electron chi connectivity index (χ0n) is 13.2. The molecule has 1 N–H and O–H groups in total. The zero-order valence-corrected chi connectivity index (χ0v) is 13.2. The van der Waals surface area contributed by atoms with Crippen molar-refractivity contribution < 1.29 is 14.6 Å². The number of fused-ring (bicyclic) bond motifs is 2. The summed E-state index contributed by atoms with van der Waals surface area (Å²) in [4.78, 5) is 11.9. The van der Waals surface area contributed by atoms with Crippen molar-refractivity contribution in [1.82, 2.24) is 0 Å². The van der Waals surface area contributed by atoms with Gasteiger partial charge in [-0.2, -0.15) is 0 Å². The standard InChI is InChI=1S/C17H28O3/c1-10(2)16(19)20-17-7-11(3)6-14(13(5)18)15(9-17)12(4)8-17/h10-11,14-16,19H,4,6-9H2,1-3,5H3. The van der Waals surface area contributed by atoms with Gasteiger partial charge in [0.1, 0.15) is 5.78 Å². The van der Waals surface area contributed by atoms with Gasteiger partial charge < -0.3 is 9.84 Å².